The normalized spacial score (nSPS) is 31.3. The van der Waals surface area contributed by atoms with Crippen LogP contribution in [0.15, 0.2) is 78.9 Å². The number of phenols is 3. The van der Waals surface area contributed by atoms with Gasteiger partial charge in [0.05, 0.1) is 47.9 Å². The summed E-state index contributed by atoms with van der Waals surface area (Å²) in [4.78, 5) is 138. The lowest BCUT2D eigenvalue weighted by molar-refractivity contribution is -0.333. The fraction of sp³-hybridized carbons (Fsp3) is 0.530. The Morgan fingerprint density at radius 2 is 1.30 bits per heavy atom. The molecule has 6 fully saturated rings. The summed E-state index contributed by atoms with van der Waals surface area (Å²) < 4.78 is 44.6. The van der Waals surface area contributed by atoms with Crippen LogP contribution in [0.1, 0.15) is 151 Å². The molecule has 7 aliphatic heterocycles. The van der Waals surface area contributed by atoms with Crippen molar-refractivity contribution in [3.8, 4) is 57.1 Å². The second-order valence-electron chi connectivity index (χ2n) is 33.2. The molecular formula is C83H103Cl2N11O25. The number of likely N-dealkylation sites (N-methyl/N-ethyl adjacent to an activating group) is 2. The van der Waals surface area contributed by atoms with Gasteiger partial charge in [-0.25, -0.2) is 0 Å². The van der Waals surface area contributed by atoms with Crippen LogP contribution in [0.5, 0.6) is 46.0 Å². The largest absolute Gasteiger partial charge is 0.508 e. The lowest BCUT2D eigenvalue weighted by atomic mass is 9.54. The first kappa shape index (κ1) is 89.2. The Morgan fingerprint density at radius 1 is 0.678 bits per heavy atom. The van der Waals surface area contributed by atoms with Gasteiger partial charge >= 0.3 is 0 Å². The van der Waals surface area contributed by atoms with Crippen molar-refractivity contribution in [2.75, 3.05) is 33.4 Å². The molecule has 5 aromatic carbocycles. The average Bonchev–Trinajstić information content (AvgIpc) is 0.753. The average molecular weight is 1730 g/mol. The molecule has 19 atom stereocenters. The predicted molar refractivity (Wildman–Crippen MR) is 429 cm³/mol. The topological polar surface area (TPSA) is 547 Å². The number of phenolic OH excluding ortho intramolecular Hbond substituents is 3. The fourth-order valence-electron chi connectivity index (χ4n) is 17.7. The highest BCUT2D eigenvalue weighted by Crippen LogP contribution is 2.55. The summed E-state index contributed by atoms with van der Waals surface area (Å²) in [7, 11) is 1.47. The van der Waals surface area contributed by atoms with Gasteiger partial charge in [0.25, 0.3) is 5.91 Å². The molecule has 36 nitrogen and oxygen atoms in total. The lowest BCUT2D eigenvalue weighted by Crippen LogP contribution is -2.64. The number of ether oxygens (including phenoxy) is 7. The van der Waals surface area contributed by atoms with Crippen molar-refractivity contribution in [1.82, 2.24) is 53.2 Å². The Morgan fingerprint density at radius 3 is 1.91 bits per heavy atom. The first-order valence-corrected chi connectivity index (χ1v) is 41.2. The number of imide groups is 1. The first-order valence-electron chi connectivity index (χ1n) is 40.4. The third-order valence-electron chi connectivity index (χ3n) is 23.8. The number of aromatic hydroxyl groups is 3. The van der Waals surface area contributed by atoms with E-state index in [-0.39, 0.29) is 93.1 Å². The Labute approximate surface area is 705 Å². The number of hydrogen-bond donors (Lipinski definition) is 20. The van der Waals surface area contributed by atoms with Gasteiger partial charge in [-0.1, -0.05) is 62.2 Å². The number of fused-ring (bicyclic) bond motifs is 15. The number of rotatable bonds is 20. The number of carbonyl (C=O) groups is 9. The molecule has 1 unspecified atom stereocenters. The van der Waals surface area contributed by atoms with Crippen LogP contribution in [0, 0.1) is 29.6 Å². The number of nitrogens with two attached hydrogens (primary N) is 1. The van der Waals surface area contributed by atoms with E-state index in [4.69, 9.17) is 62.1 Å². The van der Waals surface area contributed by atoms with Crippen molar-refractivity contribution in [2.45, 2.75) is 214 Å². The van der Waals surface area contributed by atoms with Gasteiger partial charge in [0.2, 0.25) is 59.3 Å². The Balaban J connectivity index is 1.02. The number of carbonyl (C=O) groups excluding carboxylic acids is 9. The second-order valence-corrected chi connectivity index (χ2v) is 34.0. The molecule has 7 heterocycles. The molecule has 11 aliphatic rings. The molecule has 15 bridgehead atoms. The van der Waals surface area contributed by atoms with Crippen molar-refractivity contribution in [1.29, 1.82) is 0 Å². The van der Waals surface area contributed by atoms with E-state index in [1.54, 1.807) is 0 Å². The van der Waals surface area contributed by atoms with Crippen molar-refractivity contribution in [3.63, 3.8) is 0 Å². The maximum atomic E-state index is 16.6. The van der Waals surface area contributed by atoms with Crippen LogP contribution in [0.2, 0.25) is 10.0 Å². The van der Waals surface area contributed by atoms with Crippen LogP contribution in [-0.2, 0) is 62.1 Å². The lowest BCUT2D eigenvalue weighted by Gasteiger charge is -2.54. The minimum absolute atomic E-state index is 0.00160. The van der Waals surface area contributed by atoms with Crippen molar-refractivity contribution in [2.24, 2.45) is 35.3 Å². The number of nitrogens with one attached hydrogen (secondary N) is 10. The van der Waals surface area contributed by atoms with Gasteiger partial charge in [-0.2, -0.15) is 0 Å². The highest BCUT2D eigenvalue weighted by atomic mass is 35.5. The molecule has 38 heteroatoms. The highest BCUT2D eigenvalue weighted by Gasteiger charge is 2.53. The molecule has 0 radical (unpaired) electrons. The van der Waals surface area contributed by atoms with E-state index in [1.165, 1.54) is 52.1 Å². The summed E-state index contributed by atoms with van der Waals surface area (Å²) in [6, 6.07) is -0.112. The van der Waals surface area contributed by atoms with Gasteiger partial charge in [0.15, 0.2) is 23.9 Å². The molecule has 654 valence electrons. The molecule has 5 aromatic rings. The second kappa shape index (κ2) is 37.2. The van der Waals surface area contributed by atoms with E-state index in [0.717, 1.165) is 86.7 Å². The van der Waals surface area contributed by atoms with Crippen LogP contribution >= 0.6 is 23.2 Å². The zero-order valence-corrected chi connectivity index (χ0v) is 68.7. The van der Waals surface area contributed by atoms with E-state index >= 15 is 28.8 Å². The van der Waals surface area contributed by atoms with Crippen LogP contribution in [-0.4, -0.2) is 224 Å². The zero-order valence-electron chi connectivity index (χ0n) is 67.2. The third kappa shape index (κ3) is 19.4. The Kier molecular flexibility index (Phi) is 27.4. The molecule has 2 saturated heterocycles. The maximum Gasteiger partial charge on any atom is 0.255 e. The van der Waals surface area contributed by atoms with Crippen LogP contribution in [0.3, 0.4) is 0 Å². The molecular weight excluding hydrogens is 1620 g/mol. The fourth-order valence-corrected chi connectivity index (χ4v) is 18.2. The van der Waals surface area contributed by atoms with Crippen molar-refractivity contribution < 1.29 is 122 Å². The van der Waals surface area contributed by atoms with Crippen molar-refractivity contribution >= 4 is 76.4 Å². The van der Waals surface area contributed by atoms with Gasteiger partial charge in [-0.3, -0.25) is 48.5 Å². The summed E-state index contributed by atoms with van der Waals surface area (Å²) in [6.45, 7) is 9.70. The van der Waals surface area contributed by atoms with E-state index in [0.29, 0.717) is 24.9 Å². The van der Waals surface area contributed by atoms with Gasteiger partial charge in [-0.05, 0) is 185 Å². The highest BCUT2D eigenvalue weighted by molar-refractivity contribution is 6.32. The van der Waals surface area contributed by atoms with Gasteiger partial charge in [-0.15, -0.1) is 0 Å². The minimum Gasteiger partial charge on any atom is -0.508 e. The predicted octanol–water partition coefficient (Wildman–Crippen LogP) is 2.13. The maximum absolute atomic E-state index is 16.6. The number of benzene rings is 5. The van der Waals surface area contributed by atoms with E-state index in [2.05, 4.69) is 53.2 Å². The molecule has 4 aliphatic carbocycles. The smallest absolute Gasteiger partial charge is 0.255 e. The van der Waals surface area contributed by atoms with E-state index in [9.17, 15) is 60.3 Å². The van der Waals surface area contributed by atoms with Crippen molar-refractivity contribution in [3.05, 3.63) is 117 Å². The quantitative estimate of drug-likeness (QED) is 0.0496. The number of aliphatic hydroxyl groups is 6. The van der Waals surface area contributed by atoms with E-state index < -0.39 is 227 Å². The standard InChI is InChI=1S/C83H103Cl2N11O25/c1-8-88-15-16-115-35(5)74(107)90-58(101)30-50-76(109)92-63-43-26-55(117-53-13-10-39(24-47(53)84)67(102)65(80(113)89-50)95-75(108)49(87-7)17-33(2)3)71(121-82-72(70(105)69(104)57(32-97)119-82)120-59-31-83(6,86)73(106)34(4)116-59)56(27-43)118-54-14-11-40(25-48(54)85)68(103)66-81(114)94-64(79(112)91-61-41-19-36-18-37(21-41)22-42(61)20-36)46-28-44(98)29-52(100)60(46)45-23-38(9-12-51(45)99)62(77(110)96-66)93-78(63)111/h9-14,23-29,33-37,41-42,49-50,57,59,61-70,72-73,82,87-88,97-100,102-106H,8,15-22,30-32,86H2,1-7H3,(H,89,113)(H,91,112)(H,92,109)(H,93,111)(H,94,114)(H,95,108)(H,96,110)(H,90,101,107)/t34-,35?,36?,37?,41?,42?,49+,50-,57+,59-,61?,62+,63+,64-,65+,66-,67+,68+,69+,70-,72+,73+,82-,83-/m0/s1. The first-order chi connectivity index (χ1) is 57.5. The minimum atomic E-state index is -2.41. The molecule has 4 saturated carbocycles. The Hall–Kier alpha value is -9.61. The summed E-state index contributed by atoms with van der Waals surface area (Å²) in [5.74, 6) is -14.7. The molecule has 0 aromatic heterocycles. The van der Waals surface area contributed by atoms with E-state index in [1.807, 2.05) is 20.8 Å². The van der Waals surface area contributed by atoms with Gasteiger partial charge < -0.3 is 133 Å². The number of aliphatic hydroxyl groups excluding tert-OH is 6. The third-order valence-corrected chi connectivity index (χ3v) is 24.4. The monoisotopic (exact) mass is 1720 g/mol. The van der Waals surface area contributed by atoms with Gasteiger partial charge in [0, 0.05) is 41.7 Å². The van der Waals surface area contributed by atoms with Crippen LogP contribution in [0.4, 0.5) is 0 Å². The molecule has 21 N–H and O–H groups in total. The van der Waals surface area contributed by atoms with Crippen LogP contribution in [0.25, 0.3) is 11.1 Å². The SMILES string of the molecule is CCNCCOC(C)C(=O)NC(=O)C[C@@H]1NC(=O)[C@H](NC(=O)[C@@H](CC(C)C)NC)[C@H](O)c2ccc(c(Cl)c2)Oc2cc3cc(c2O[C@@H]2O[C@H](CO)[C@@H](O)[C@H](O)[C@H]2O[C@H]2C[C@](C)(N)[C@H](O)[C@H](C)O2)Oc2ccc(cc2Cl)[C@@H](O)[C@@H]2NC(=O)[C@H](NC(=O)[C@@H]3NC1=O)c1ccc(O)c(c1)-c1c(O)cc(O)cc1[C@@H](C(=O)NC1C3CC4CC(C3)CC1C4)NC2=O. The number of hydrogen-bond acceptors (Lipinski definition) is 28. The summed E-state index contributed by atoms with van der Waals surface area (Å²) >= 11 is 14.5. The molecule has 16 rings (SSSR count). The summed E-state index contributed by atoms with van der Waals surface area (Å²) in [5, 5.41) is 133. The van der Waals surface area contributed by atoms with Gasteiger partial charge in [0.1, 0.15) is 102 Å². The molecule has 0 spiro atoms. The number of halogens is 2. The Bertz CT molecular complexity index is 4750. The summed E-state index contributed by atoms with van der Waals surface area (Å²) in [6.07, 6.45) is -15.8. The molecule has 9 amide bonds. The zero-order chi connectivity index (χ0) is 87.1. The van der Waals surface area contributed by atoms with Crippen LogP contribution < -0.4 is 73.1 Å². The molecule has 121 heavy (non-hydrogen) atoms. The number of amides is 9. The summed E-state index contributed by atoms with van der Waals surface area (Å²) in [5.41, 5.74) is 2.92.